The van der Waals surface area contributed by atoms with Crippen LogP contribution < -0.4 is 0 Å². The Morgan fingerprint density at radius 3 is 1.14 bits per heavy atom. The predicted molar refractivity (Wildman–Crippen MR) is 274 cm³/mol. The van der Waals surface area contributed by atoms with Gasteiger partial charge in [0.2, 0.25) is 0 Å². The Labute approximate surface area is 395 Å². The summed E-state index contributed by atoms with van der Waals surface area (Å²) in [5.41, 5.74) is 0. The summed E-state index contributed by atoms with van der Waals surface area (Å²) in [6.07, 6.45) is 67.1. The minimum atomic E-state index is -0.794. The van der Waals surface area contributed by atoms with Gasteiger partial charge in [0.05, 0.1) is 0 Å². The monoisotopic (exact) mass is 891 g/mol. The van der Waals surface area contributed by atoms with E-state index < -0.39 is 6.10 Å². The van der Waals surface area contributed by atoms with Crippen molar-refractivity contribution in [2.75, 3.05) is 13.2 Å². The molecule has 0 aromatic rings. The summed E-state index contributed by atoms with van der Waals surface area (Å²) in [6, 6.07) is 0. The SMILES string of the molecule is CC\C=C/C=C\C=C/CCCCCCCCCC(=O)OC(COC(=O)CCCCC/C=C\C/C=C\C/C=C\C/C=C\CC)COC(=O)CCCCCCCCCCCCCCCCC. The van der Waals surface area contributed by atoms with E-state index in [9.17, 15) is 14.4 Å². The summed E-state index contributed by atoms with van der Waals surface area (Å²) in [7, 11) is 0. The Morgan fingerprint density at radius 2 is 0.688 bits per heavy atom. The van der Waals surface area contributed by atoms with E-state index in [0.29, 0.717) is 19.3 Å². The highest BCUT2D eigenvalue weighted by Crippen LogP contribution is 2.15. The van der Waals surface area contributed by atoms with E-state index in [2.05, 4.69) is 106 Å². The Balaban J connectivity index is 4.45. The van der Waals surface area contributed by atoms with Crippen molar-refractivity contribution in [3.63, 3.8) is 0 Å². The maximum absolute atomic E-state index is 12.8. The molecule has 0 aliphatic carbocycles. The lowest BCUT2D eigenvalue weighted by molar-refractivity contribution is -0.167. The van der Waals surface area contributed by atoms with Crippen molar-refractivity contribution in [1.82, 2.24) is 0 Å². The maximum Gasteiger partial charge on any atom is 0.306 e. The molecule has 6 nitrogen and oxygen atoms in total. The lowest BCUT2D eigenvalue weighted by atomic mass is 10.0. The first kappa shape index (κ1) is 60.6. The molecule has 0 aliphatic heterocycles. The van der Waals surface area contributed by atoms with Gasteiger partial charge in [-0.05, 0) is 77.0 Å². The van der Waals surface area contributed by atoms with Crippen molar-refractivity contribution in [2.45, 2.75) is 252 Å². The van der Waals surface area contributed by atoms with Gasteiger partial charge in [-0.15, -0.1) is 0 Å². The number of esters is 3. The van der Waals surface area contributed by atoms with Crippen LogP contribution in [0.2, 0.25) is 0 Å². The Hall–Kier alpha value is -3.41. The molecular weight excluding hydrogens is 793 g/mol. The van der Waals surface area contributed by atoms with Crippen LogP contribution in [0.5, 0.6) is 0 Å². The fourth-order valence-electron chi connectivity index (χ4n) is 7.26. The van der Waals surface area contributed by atoms with Crippen molar-refractivity contribution >= 4 is 17.9 Å². The van der Waals surface area contributed by atoms with Crippen molar-refractivity contribution in [2.24, 2.45) is 0 Å². The van der Waals surface area contributed by atoms with Gasteiger partial charge in [-0.1, -0.05) is 234 Å². The van der Waals surface area contributed by atoms with Gasteiger partial charge < -0.3 is 14.2 Å². The average molecular weight is 891 g/mol. The second-order valence-corrected chi connectivity index (χ2v) is 17.4. The number of unbranched alkanes of at least 4 members (excludes halogenated alkanes) is 24. The minimum absolute atomic E-state index is 0.0904. The Bertz CT molecular complexity index is 1250. The van der Waals surface area contributed by atoms with Crippen molar-refractivity contribution < 1.29 is 28.6 Å². The standard InChI is InChI=1S/C58H98O6/c1-4-7-10-13-16-19-22-25-28-31-33-36-39-42-45-48-51-57(60)63-54-55(64-58(61)52-49-46-43-40-37-34-30-27-24-21-18-15-12-9-6-3)53-62-56(59)50-47-44-41-38-35-32-29-26-23-20-17-14-11-8-5-2/h7,9-10,12,15-16,18-19,21,24-25,28,33,36,55H,4-6,8,11,13-14,17,20,22-23,26-27,29-32,34-35,37-54H2,1-3H3/b10-7-,12-9-,18-15-,19-16-,24-21-,28-25-,36-33-. The fourth-order valence-corrected chi connectivity index (χ4v) is 7.26. The van der Waals surface area contributed by atoms with Gasteiger partial charge in [0.15, 0.2) is 6.10 Å². The van der Waals surface area contributed by atoms with Crippen LogP contribution in [0.4, 0.5) is 0 Å². The van der Waals surface area contributed by atoms with Crippen molar-refractivity contribution in [1.29, 1.82) is 0 Å². The number of hydrogen-bond acceptors (Lipinski definition) is 6. The molecule has 0 aromatic carbocycles. The number of carbonyl (C=O) groups excluding carboxylic acids is 3. The fraction of sp³-hybridized carbons (Fsp3) is 0.707. The first-order valence-corrected chi connectivity index (χ1v) is 26.6. The first-order valence-electron chi connectivity index (χ1n) is 26.6. The van der Waals surface area contributed by atoms with Crippen LogP contribution in [-0.4, -0.2) is 37.2 Å². The normalized spacial score (nSPS) is 12.7. The third-order valence-corrected chi connectivity index (χ3v) is 11.2. The van der Waals surface area contributed by atoms with Gasteiger partial charge in [0, 0.05) is 19.3 Å². The van der Waals surface area contributed by atoms with Gasteiger partial charge in [0.25, 0.3) is 0 Å². The van der Waals surface area contributed by atoms with E-state index in [1.807, 2.05) is 0 Å². The minimum Gasteiger partial charge on any atom is -0.462 e. The molecular formula is C58H98O6. The summed E-state index contributed by atoms with van der Waals surface area (Å²) in [5, 5.41) is 0. The smallest absolute Gasteiger partial charge is 0.306 e. The molecule has 0 saturated heterocycles. The number of ether oxygens (including phenoxy) is 3. The predicted octanol–water partition coefficient (Wildman–Crippen LogP) is 17.6. The highest BCUT2D eigenvalue weighted by molar-refractivity contribution is 5.71. The quantitative estimate of drug-likeness (QED) is 0.0199. The molecule has 1 unspecified atom stereocenters. The van der Waals surface area contributed by atoms with Crippen LogP contribution >= 0.6 is 0 Å². The third kappa shape index (κ3) is 49.6. The van der Waals surface area contributed by atoms with E-state index in [1.165, 1.54) is 103 Å². The van der Waals surface area contributed by atoms with Crippen LogP contribution in [0.25, 0.3) is 0 Å². The Morgan fingerprint density at radius 1 is 0.344 bits per heavy atom. The number of hydrogen-bond donors (Lipinski definition) is 0. The number of rotatable bonds is 47. The molecule has 0 N–H and O–H groups in total. The van der Waals surface area contributed by atoms with Crippen LogP contribution in [0.3, 0.4) is 0 Å². The van der Waals surface area contributed by atoms with Gasteiger partial charge in [0.1, 0.15) is 13.2 Å². The lowest BCUT2D eigenvalue weighted by Gasteiger charge is -2.18. The van der Waals surface area contributed by atoms with Crippen molar-refractivity contribution in [3.05, 3.63) is 85.1 Å². The van der Waals surface area contributed by atoms with Crippen LogP contribution in [0, 0.1) is 0 Å². The summed E-state index contributed by atoms with van der Waals surface area (Å²) in [6.45, 7) is 6.37. The van der Waals surface area contributed by atoms with Gasteiger partial charge in [-0.25, -0.2) is 0 Å². The number of allylic oxidation sites excluding steroid dienone is 14. The number of carbonyl (C=O) groups is 3. The molecule has 0 rings (SSSR count). The van der Waals surface area contributed by atoms with Gasteiger partial charge in [-0.2, -0.15) is 0 Å². The molecule has 0 spiro atoms. The molecule has 366 valence electrons. The van der Waals surface area contributed by atoms with Crippen LogP contribution in [0.15, 0.2) is 85.1 Å². The molecule has 0 aromatic heterocycles. The topological polar surface area (TPSA) is 78.9 Å². The highest BCUT2D eigenvalue weighted by atomic mass is 16.6. The van der Waals surface area contributed by atoms with E-state index in [-0.39, 0.29) is 31.1 Å². The molecule has 64 heavy (non-hydrogen) atoms. The zero-order valence-corrected chi connectivity index (χ0v) is 41.8. The maximum atomic E-state index is 12.8. The highest BCUT2D eigenvalue weighted by Gasteiger charge is 2.19. The zero-order chi connectivity index (χ0) is 46.5. The van der Waals surface area contributed by atoms with E-state index >= 15 is 0 Å². The lowest BCUT2D eigenvalue weighted by Crippen LogP contribution is -2.30. The molecule has 6 heteroatoms. The van der Waals surface area contributed by atoms with Gasteiger partial charge in [-0.3, -0.25) is 14.4 Å². The van der Waals surface area contributed by atoms with Crippen molar-refractivity contribution in [3.8, 4) is 0 Å². The third-order valence-electron chi connectivity index (χ3n) is 11.2. The van der Waals surface area contributed by atoms with E-state index in [1.54, 1.807) is 0 Å². The second-order valence-electron chi connectivity index (χ2n) is 17.4. The average Bonchev–Trinajstić information content (AvgIpc) is 3.29. The summed E-state index contributed by atoms with van der Waals surface area (Å²) in [4.78, 5) is 38.0. The zero-order valence-electron chi connectivity index (χ0n) is 41.8. The molecule has 0 heterocycles. The summed E-state index contributed by atoms with van der Waals surface area (Å²) in [5.74, 6) is -0.932. The summed E-state index contributed by atoms with van der Waals surface area (Å²) >= 11 is 0. The first-order chi connectivity index (χ1) is 31.5. The van der Waals surface area contributed by atoms with E-state index in [4.69, 9.17) is 14.2 Å². The molecule has 0 radical (unpaired) electrons. The molecule has 0 aliphatic rings. The van der Waals surface area contributed by atoms with E-state index in [0.717, 1.165) is 103 Å². The molecule has 0 amide bonds. The molecule has 0 bridgehead atoms. The van der Waals surface area contributed by atoms with Crippen LogP contribution in [0.1, 0.15) is 245 Å². The molecule has 0 fully saturated rings. The van der Waals surface area contributed by atoms with Crippen LogP contribution in [-0.2, 0) is 28.6 Å². The second kappa shape index (κ2) is 52.2. The molecule has 1 atom stereocenters. The largest absolute Gasteiger partial charge is 0.462 e. The summed E-state index contributed by atoms with van der Waals surface area (Å²) < 4.78 is 16.8. The molecule has 0 saturated carbocycles. The Kier molecular flexibility index (Phi) is 49.4. The van der Waals surface area contributed by atoms with Gasteiger partial charge >= 0.3 is 17.9 Å².